The smallest absolute Gasteiger partial charge is 0.209 e. The number of aryl methyl sites for hydroxylation is 4. The number of rotatable bonds is 3. The third-order valence-electron chi connectivity index (χ3n) is 4.93. The number of anilines is 1. The van der Waals surface area contributed by atoms with Gasteiger partial charge < -0.3 is 5.32 Å². The maximum absolute atomic E-state index is 13.1. The van der Waals surface area contributed by atoms with Crippen LogP contribution >= 0.6 is 0 Å². The molecule has 4 rings (SSSR count). The van der Waals surface area contributed by atoms with E-state index in [0.29, 0.717) is 11.3 Å². The predicted molar refractivity (Wildman–Crippen MR) is 121 cm³/mol. The minimum atomic E-state index is -0.0147. The van der Waals surface area contributed by atoms with Gasteiger partial charge in [-0.15, -0.1) is 0 Å². The fraction of sp³-hybridized carbons (Fsp3) is 0.154. The first-order valence-electron chi connectivity index (χ1n) is 9.77. The highest BCUT2D eigenvalue weighted by Gasteiger charge is 2.24. The monoisotopic (exact) mass is 380 g/mol. The van der Waals surface area contributed by atoms with Crippen molar-refractivity contribution < 1.29 is 4.79 Å². The number of allylic oxidation sites excluding steroid dienone is 2. The van der Waals surface area contributed by atoms with Crippen LogP contribution in [0.4, 0.5) is 11.4 Å². The summed E-state index contributed by atoms with van der Waals surface area (Å²) in [6.45, 7) is 8.24. The number of hydrogen-bond donors (Lipinski definition) is 1. The quantitative estimate of drug-likeness (QED) is 0.585. The van der Waals surface area contributed by atoms with Gasteiger partial charge in [-0.25, -0.2) is 4.99 Å². The first-order valence-corrected chi connectivity index (χ1v) is 9.77. The van der Waals surface area contributed by atoms with Crippen molar-refractivity contribution in [3.63, 3.8) is 0 Å². The molecule has 29 heavy (non-hydrogen) atoms. The van der Waals surface area contributed by atoms with Gasteiger partial charge >= 0.3 is 0 Å². The molecule has 0 radical (unpaired) electrons. The molecule has 0 aliphatic heterocycles. The van der Waals surface area contributed by atoms with Crippen LogP contribution in [-0.2, 0) is 0 Å². The van der Waals surface area contributed by atoms with E-state index < -0.39 is 0 Å². The molecule has 3 aromatic rings. The van der Waals surface area contributed by atoms with E-state index in [4.69, 9.17) is 4.99 Å². The summed E-state index contributed by atoms with van der Waals surface area (Å²) in [7, 11) is 0. The lowest BCUT2D eigenvalue weighted by Crippen LogP contribution is -2.22. The Hall–Kier alpha value is -3.46. The van der Waals surface area contributed by atoms with Crippen molar-refractivity contribution in [2.24, 2.45) is 4.99 Å². The van der Waals surface area contributed by atoms with Crippen LogP contribution in [0, 0.1) is 27.7 Å². The number of nitrogens with zero attached hydrogens (tertiary/aromatic N) is 1. The van der Waals surface area contributed by atoms with E-state index in [1.54, 1.807) is 0 Å². The molecule has 3 nitrogen and oxygen atoms in total. The topological polar surface area (TPSA) is 41.5 Å². The van der Waals surface area contributed by atoms with Crippen molar-refractivity contribution in [3.8, 4) is 0 Å². The zero-order valence-corrected chi connectivity index (χ0v) is 17.2. The average Bonchev–Trinajstić information content (AvgIpc) is 2.64. The van der Waals surface area contributed by atoms with Crippen molar-refractivity contribution in [1.82, 2.24) is 0 Å². The Morgan fingerprint density at radius 1 is 0.724 bits per heavy atom. The predicted octanol–water partition coefficient (Wildman–Crippen LogP) is 6.23. The molecule has 1 aliphatic carbocycles. The average molecular weight is 380 g/mol. The van der Waals surface area contributed by atoms with Gasteiger partial charge in [0.1, 0.15) is 0 Å². The number of benzene rings is 3. The maximum Gasteiger partial charge on any atom is 0.209 e. The molecule has 0 saturated heterocycles. The summed E-state index contributed by atoms with van der Waals surface area (Å²) in [6.07, 6.45) is 1.86. The molecule has 1 N–H and O–H groups in total. The maximum atomic E-state index is 13.1. The lowest BCUT2D eigenvalue weighted by molar-refractivity contribution is 0.103. The summed E-state index contributed by atoms with van der Waals surface area (Å²) < 4.78 is 0. The number of carbonyl (C=O) groups is 1. The molecule has 0 heterocycles. The van der Waals surface area contributed by atoms with Crippen LogP contribution in [0.1, 0.15) is 38.2 Å². The van der Waals surface area contributed by atoms with E-state index in [0.717, 1.165) is 33.8 Å². The van der Waals surface area contributed by atoms with Crippen LogP contribution in [0.15, 0.2) is 77.4 Å². The zero-order valence-electron chi connectivity index (χ0n) is 17.2. The zero-order chi connectivity index (χ0) is 20.5. The third kappa shape index (κ3) is 4.04. The highest BCUT2D eigenvalue weighted by Crippen LogP contribution is 2.27. The number of nitrogens with one attached hydrogen (secondary N) is 1. The largest absolute Gasteiger partial charge is 0.352 e. The van der Waals surface area contributed by atoms with E-state index >= 15 is 0 Å². The molecule has 0 fully saturated rings. The highest BCUT2D eigenvalue weighted by atomic mass is 16.1. The first-order chi connectivity index (χ1) is 13.9. The van der Waals surface area contributed by atoms with Gasteiger partial charge in [-0.3, -0.25) is 4.79 Å². The second-order valence-corrected chi connectivity index (χ2v) is 7.78. The molecule has 0 saturated carbocycles. The Labute approximate surface area is 171 Å². The Bertz CT molecular complexity index is 1140. The number of fused-ring (bicyclic) bond motifs is 1. The second kappa shape index (κ2) is 7.51. The fourth-order valence-corrected chi connectivity index (χ4v) is 3.87. The molecule has 0 bridgehead atoms. The van der Waals surface area contributed by atoms with Gasteiger partial charge in [-0.1, -0.05) is 36.4 Å². The Balaban J connectivity index is 1.81. The fourth-order valence-electron chi connectivity index (χ4n) is 3.87. The van der Waals surface area contributed by atoms with Crippen LogP contribution in [0.25, 0.3) is 0 Å². The highest BCUT2D eigenvalue weighted by molar-refractivity contribution is 6.27. The summed E-state index contributed by atoms with van der Waals surface area (Å²) in [6, 6.07) is 20.1. The Morgan fingerprint density at radius 3 is 1.90 bits per heavy atom. The van der Waals surface area contributed by atoms with Crippen LogP contribution in [0.5, 0.6) is 0 Å². The Morgan fingerprint density at radius 2 is 1.28 bits per heavy atom. The van der Waals surface area contributed by atoms with Crippen molar-refractivity contribution in [2.45, 2.75) is 27.7 Å². The van der Waals surface area contributed by atoms with Gasteiger partial charge in [0, 0.05) is 16.8 Å². The molecular weight excluding hydrogens is 356 g/mol. The van der Waals surface area contributed by atoms with Gasteiger partial charge in [0.25, 0.3) is 0 Å². The van der Waals surface area contributed by atoms with Crippen LogP contribution < -0.4 is 5.32 Å². The molecule has 144 valence electrons. The second-order valence-electron chi connectivity index (χ2n) is 7.78. The Kier molecular flexibility index (Phi) is 4.89. The summed E-state index contributed by atoms with van der Waals surface area (Å²) in [5, 5.41) is 3.32. The summed E-state index contributed by atoms with van der Waals surface area (Å²) in [5.74, 6) is -0.0147. The molecule has 0 atom stereocenters. The van der Waals surface area contributed by atoms with Crippen LogP contribution in [0.2, 0.25) is 0 Å². The molecule has 0 unspecified atom stereocenters. The lowest BCUT2D eigenvalue weighted by Gasteiger charge is -2.19. The summed E-state index contributed by atoms with van der Waals surface area (Å²) >= 11 is 0. The van der Waals surface area contributed by atoms with Crippen LogP contribution in [-0.4, -0.2) is 11.5 Å². The van der Waals surface area contributed by atoms with E-state index in [-0.39, 0.29) is 5.78 Å². The molecule has 1 aliphatic rings. The molecule has 3 heteroatoms. The van der Waals surface area contributed by atoms with E-state index in [9.17, 15) is 4.79 Å². The first kappa shape index (κ1) is 18.9. The van der Waals surface area contributed by atoms with E-state index in [2.05, 4.69) is 57.3 Å². The van der Waals surface area contributed by atoms with Crippen LogP contribution in [0.3, 0.4) is 0 Å². The number of Topliss-reactive ketones (excluding diaryl/α,β-unsaturated/α-hetero) is 1. The summed E-state index contributed by atoms with van der Waals surface area (Å²) in [5.41, 5.74) is 9.31. The molecule has 0 aromatic heterocycles. The SMILES string of the molecule is Cc1cc(C)cc(N=C2C=C(Nc3cc(C)cc(C)c3)C(=O)c3ccccc32)c1. The number of hydrogen-bond acceptors (Lipinski definition) is 3. The third-order valence-corrected chi connectivity index (χ3v) is 4.93. The van der Waals surface area contributed by atoms with Crippen molar-refractivity contribution in [1.29, 1.82) is 0 Å². The van der Waals surface area contributed by atoms with E-state index in [1.165, 1.54) is 11.1 Å². The van der Waals surface area contributed by atoms with Crippen molar-refractivity contribution in [2.75, 3.05) is 5.32 Å². The van der Waals surface area contributed by atoms with Gasteiger partial charge in [-0.2, -0.15) is 0 Å². The minimum absolute atomic E-state index is 0.0147. The van der Waals surface area contributed by atoms with Gasteiger partial charge in [0.15, 0.2) is 0 Å². The van der Waals surface area contributed by atoms with Gasteiger partial charge in [0.05, 0.1) is 17.1 Å². The van der Waals surface area contributed by atoms with Crippen molar-refractivity contribution in [3.05, 3.63) is 106 Å². The molecule has 3 aromatic carbocycles. The number of ketones is 1. The van der Waals surface area contributed by atoms with Gasteiger partial charge in [-0.05, 0) is 80.3 Å². The normalized spacial score (nSPS) is 14.6. The molecular formula is C26H24N2O. The lowest BCUT2D eigenvalue weighted by atomic mass is 9.91. The molecule has 0 amide bonds. The number of aliphatic imine (C=N–C) groups is 1. The molecule has 0 spiro atoms. The standard InChI is InChI=1S/C26H24N2O/c1-16-9-17(2)12-20(11-16)27-24-15-25(26(29)23-8-6-5-7-22(23)24)28-21-13-18(3)10-19(4)14-21/h5-15,28H,1-4H3. The summed E-state index contributed by atoms with van der Waals surface area (Å²) in [4.78, 5) is 18.0. The van der Waals surface area contributed by atoms with E-state index in [1.807, 2.05) is 42.5 Å². The number of carbonyl (C=O) groups excluding carboxylic acids is 1. The van der Waals surface area contributed by atoms with Crippen molar-refractivity contribution >= 4 is 22.9 Å². The van der Waals surface area contributed by atoms with Gasteiger partial charge in [0.2, 0.25) is 5.78 Å². The minimum Gasteiger partial charge on any atom is -0.352 e.